The van der Waals surface area contributed by atoms with E-state index < -0.39 is 0 Å². The summed E-state index contributed by atoms with van der Waals surface area (Å²) < 4.78 is 2.58. The second-order valence-corrected chi connectivity index (χ2v) is 6.78. The van der Waals surface area contributed by atoms with Crippen molar-refractivity contribution in [3.8, 4) is 5.69 Å². The van der Waals surface area contributed by atoms with Gasteiger partial charge in [-0.15, -0.1) is 10.2 Å². The lowest BCUT2D eigenvalue weighted by Crippen LogP contribution is -1.98. The fourth-order valence-electron chi connectivity index (χ4n) is 1.90. The molecule has 0 N–H and O–H groups in total. The lowest BCUT2D eigenvalue weighted by atomic mass is 10.3. The predicted octanol–water partition coefficient (Wildman–Crippen LogP) is 3.30. The Labute approximate surface area is 130 Å². The maximum absolute atomic E-state index is 11.4. The van der Waals surface area contributed by atoms with Crippen molar-refractivity contribution in [2.45, 2.75) is 23.2 Å². The summed E-state index contributed by atoms with van der Waals surface area (Å²) >= 11 is 2.91. The van der Waals surface area contributed by atoms with Crippen molar-refractivity contribution in [3.05, 3.63) is 46.6 Å². The normalized spacial score (nSPS) is 10.8. The van der Waals surface area contributed by atoms with Crippen LogP contribution < -0.4 is 0 Å². The van der Waals surface area contributed by atoms with Crippen LogP contribution in [0.25, 0.3) is 5.69 Å². The van der Waals surface area contributed by atoms with Gasteiger partial charge in [-0.05, 0) is 37.7 Å². The summed E-state index contributed by atoms with van der Waals surface area (Å²) in [7, 11) is 0. The molecule has 0 unspecified atom stereocenters. The van der Waals surface area contributed by atoms with Gasteiger partial charge in [-0.25, -0.2) is 4.68 Å². The van der Waals surface area contributed by atoms with Gasteiger partial charge in [0.1, 0.15) is 10.0 Å². The average molecular weight is 316 g/mol. The Morgan fingerprint density at radius 2 is 1.95 bits per heavy atom. The average Bonchev–Trinajstić information content (AvgIpc) is 3.04. The van der Waals surface area contributed by atoms with Crippen LogP contribution in [-0.2, 0) is 0 Å². The van der Waals surface area contributed by atoms with Gasteiger partial charge in [-0.2, -0.15) is 5.10 Å². The zero-order valence-electron chi connectivity index (χ0n) is 11.5. The number of carbonyl (C=O) groups is 1. The SMILES string of the molecule is Cc1nnc(Sc2c(C=O)c(C)nn2-c2ccccc2)s1. The van der Waals surface area contributed by atoms with Gasteiger partial charge in [0.25, 0.3) is 0 Å². The number of aromatic nitrogens is 4. The largest absolute Gasteiger partial charge is 0.298 e. The number of hydrogen-bond acceptors (Lipinski definition) is 6. The highest BCUT2D eigenvalue weighted by Crippen LogP contribution is 2.34. The molecule has 0 radical (unpaired) electrons. The van der Waals surface area contributed by atoms with E-state index in [9.17, 15) is 4.79 Å². The van der Waals surface area contributed by atoms with Crippen LogP contribution in [0.2, 0.25) is 0 Å². The van der Waals surface area contributed by atoms with Gasteiger partial charge < -0.3 is 0 Å². The summed E-state index contributed by atoms with van der Waals surface area (Å²) in [5.74, 6) is 0. The molecular weight excluding hydrogens is 304 g/mol. The van der Waals surface area contributed by atoms with E-state index in [2.05, 4.69) is 15.3 Å². The molecule has 3 aromatic rings. The molecule has 0 aliphatic heterocycles. The number of aryl methyl sites for hydroxylation is 2. The third kappa shape index (κ3) is 2.74. The van der Waals surface area contributed by atoms with Gasteiger partial charge in [0.05, 0.1) is 16.9 Å². The number of para-hydroxylation sites is 1. The summed E-state index contributed by atoms with van der Waals surface area (Å²) in [6.45, 7) is 3.74. The molecule has 0 spiro atoms. The lowest BCUT2D eigenvalue weighted by molar-refractivity contribution is 0.112. The summed E-state index contributed by atoms with van der Waals surface area (Å²) in [6, 6.07) is 9.74. The first-order chi connectivity index (χ1) is 10.2. The Balaban J connectivity index is 2.10. The van der Waals surface area contributed by atoms with Crippen molar-refractivity contribution in [2.75, 3.05) is 0 Å². The molecule has 0 saturated carbocycles. The standard InChI is InChI=1S/C14H12N4OS2/c1-9-12(8-19)13(21-14-16-15-10(2)20-14)18(17-9)11-6-4-3-5-7-11/h3-8H,1-2H3. The molecule has 7 heteroatoms. The molecule has 21 heavy (non-hydrogen) atoms. The molecule has 0 aliphatic rings. The molecule has 3 rings (SSSR count). The molecule has 0 amide bonds. The fraction of sp³-hybridized carbons (Fsp3) is 0.143. The number of carbonyl (C=O) groups excluding carboxylic acids is 1. The minimum atomic E-state index is 0.594. The van der Waals surface area contributed by atoms with E-state index in [1.54, 1.807) is 4.68 Å². The highest BCUT2D eigenvalue weighted by Gasteiger charge is 2.18. The van der Waals surface area contributed by atoms with Gasteiger partial charge >= 0.3 is 0 Å². The van der Waals surface area contributed by atoms with E-state index in [4.69, 9.17) is 0 Å². The van der Waals surface area contributed by atoms with E-state index in [0.29, 0.717) is 11.3 Å². The quantitative estimate of drug-likeness (QED) is 0.691. The van der Waals surface area contributed by atoms with E-state index in [-0.39, 0.29) is 0 Å². The molecule has 2 heterocycles. The highest BCUT2D eigenvalue weighted by atomic mass is 32.2. The molecule has 0 bridgehead atoms. The fourth-order valence-corrected chi connectivity index (χ4v) is 3.87. The van der Waals surface area contributed by atoms with Crippen LogP contribution in [0.4, 0.5) is 0 Å². The molecule has 5 nitrogen and oxygen atoms in total. The summed E-state index contributed by atoms with van der Waals surface area (Å²) in [5, 5.41) is 14.3. The van der Waals surface area contributed by atoms with Crippen LogP contribution in [0.15, 0.2) is 39.7 Å². The van der Waals surface area contributed by atoms with Gasteiger partial charge in [0.2, 0.25) is 0 Å². The second kappa shape index (κ2) is 5.79. The lowest BCUT2D eigenvalue weighted by Gasteiger charge is -2.05. The predicted molar refractivity (Wildman–Crippen MR) is 82.5 cm³/mol. The minimum Gasteiger partial charge on any atom is -0.298 e. The summed E-state index contributed by atoms with van der Waals surface area (Å²) in [4.78, 5) is 11.4. The maximum atomic E-state index is 11.4. The Morgan fingerprint density at radius 1 is 1.19 bits per heavy atom. The second-order valence-electron chi connectivity index (χ2n) is 4.36. The first-order valence-electron chi connectivity index (χ1n) is 6.27. The van der Waals surface area contributed by atoms with Crippen molar-refractivity contribution >= 4 is 29.4 Å². The van der Waals surface area contributed by atoms with Crippen LogP contribution >= 0.6 is 23.1 Å². The molecule has 1 aromatic carbocycles. The van der Waals surface area contributed by atoms with Gasteiger partial charge in [-0.3, -0.25) is 4.79 Å². The third-order valence-electron chi connectivity index (χ3n) is 2.87. The molecular formula is C14H12N4OS2. The maximum Gasteiger partial charge on any atom is 0.180 e. The molecule has 0 fully saturated rings. The number of hydrogen-bond donors (Lipinski definition) is 0. The first kappa shape index (κ1) is 14.0. The number of benzene rings is 1. The van der Waals surface area contributed by atoms with E-state index >= 15 is 0 Å². The molecule has 2 aromatic heterocycles. The van der Waals surface area contributed by atoms with Gasteiger partial charge in [0.15, 0.2) is 10.6 Å². The van der Waals surface area contributed by atoms with Crippen molar-refractivity contribution in [3.63, 3.8) is 0 Å². The molecule has 0 aliphatic carbocycles. The summed E-state index contributed by atoms with van der Waals surface area (Å²) in [5.41, 5.74) is 2.21. The number of rotatable bonds is 4. The van der Waals surface area contributed by atoms with Crippen LogP contribution in [0.5, 0.6) is 0 Å². The van der Waals surface area contributed by atoms with Crippen LogP contribution in [0, 0.1) is 13.8 Å². The van der Waals surface area contributed by atoms with Crippen molar-refractivity contribution < 1.29 is 4.79 Å². The Bertz CT molecular complexity index is 780. The Kier molecular flexibility index (Phi) is 3.85. The topological polar surface area (TPSA) is 60.7 Å². The first-order valence-corrected chi connectivity index (χ1v) is 7.90. The molecule has 0 atom stereocenters. The van der Waals surface area contributed by atoms with E-state index in [0.717, 1.165) is 26.3 Å². The smallest absolute Gasteiger partial charge is 0.180 e. The Morgan fingerprint density at radius 3 is 2.57 bits per heavy atom. The monoisotopic (exact) mass is 316 g/mol. The Hall–Kier alpha value is -1.99. The third-order valence-corrected chi connectivity index (χ3v) is 4.85. The highest BCUT2D eigenvalue weighted by molar-refractivity contribution is 8.01. The van der Waals surface area contributed by atoms with Gasteiger partial charge in [-0.1, -0.05) is 29.5 Å². The zero-order valence-corrected chi connectivity index (χ0v) is 13.1. The molecule has 106 valence electrons. The van der Waals surface area contributed by atoms with Crippen LogP contribution in [-0.4, -0.2) is 26.3 Å². The van der Waals surface area contributed by atoms with Crippen LogP contribution in [0.1, 0.15) is 21.1 Å². The number of aldehydes is 1. The zero-order chi connectivity index (χ0) is 14.8. The van der Waals surface area contributed by atoms with E-state index in [1.165, 1.54) is 23.1 Å². The van der Waals surface area contributed by atoms with Crippen LogP contribution in [0.3, 0.4) is 0 Å². The number of nitrogens with zero attached hydrogens (tertiary/aromatic N) is 4. The minimum absolute atomic E-state index is 0.594. The van der Waals surface area contributed by atoms with Crippen molar-refractivity contribution in [1.82, 2.24) is 20.0 Å². The van der Waals surface area contributed by atoms with Crippen molar-refractivity contribution in [2.24, 2.45) is 0 Å². The summed E-state index contributed by atoms with van der Waals surface area (Å²) in [6.07, 6.45) is 0.845. The van der Waals surface area contributed by atoms with Gasteiger partial charge in [0, 0.05) is 0 Å². The van der Waals surface area contributed by atoms with E-state index in [1.807, 2.05) is 44.2 Å². The van der Waals surface area contributed by atoms with Crippen molar-refractivity contribution in [1.29, 1.82) is 0 Å². The molecule has 0 saturated heterocycles.